The highest BCUT2D eigenvalue weighted by molar-refractivity contribution is 7.09. The van der Waals surface area contributed by atoms with Crippen molar-refractivity contribution >= 4 is 17.2 Å². The monoisotopic (exact) mass is 422 g/mol. The summed E-state index contributed by atoms with van der Waals surface area (Å²) >= 11 is 1.57. The first kappa shape index (κ1) is 20.4. The standard InChI is InChI=1S/C24H26N2O3S/c1-18(8-9-19-6-3-2-4-7-19)26(17-23-25-12-15-30-23)24(27)20-10-11-21-22(16-20)29-14-5-13-28-21/h2-4,6-7,10-12,15-16,18H,5,8-9,13-14,17H2,1H3/t18-/m0/s1. The van der Waals surface area contributed by atoms with Crippen molar-refractivity contribution < 1.29 is 14.3 Å². The van der Waals surface area contributed by atoms with Gasteiger partial charge in [0.25, 0.3) is 5.91 Å². The minimum atomic E-state index is -0.0126. The molecule has 0 saturated carbocycles. The van der Waals surface area contributed by atoms with Crippen LogP contribution in [0.4, 0.5) is 0 Å². The second kappa shape index (κ2) is 9.76. The van der Waals surface area contributed by atoms with E-state index in [1.807, 2.05) is 34.5 Å². The molecule has 1 atom stereocenters. The Morgan fingerprint density at radius 1 is 1.13 bits per heavy atom. The molecule has 6 heteroatoms. The molecule has 5 nitrogen and oxygen atoms in total. The highest BCUT2D eigenvalue weighted by Crippen LogP contribution is 2.31. The van der Waals surface area contributed by atoms with E-state index in [2.05, 4.69) is 36.2 Å². The number of ether oxygens (including phenoxy) is 2. The number of benzene rings is 2. The smallest absolute Gasteiger partial charge is 0.254 e. The van der Waals surface area contributed by atoms with Crippen molar-refractivity contribution in [3.05, 3.63) is 76.2 Å². The van der Waals surface area contributed by atoms with Crippen LogP contribution in [0.5, 0.6) is 11.5 Å². The molecule has 0 radical (unpaired) electrons. The lowest BCUT2D eigenvalue weighted by atomic mass is 10.0. The topological polar surface area (TPSA) is 51.7 Å². The van der Waals surface area contributed by atoms with E-state index in [1.54, 1.807) is 17.5 Å². The van der Waals surface area contributed by atoms with Gasteiger partial charge in [-0.25, -0.2) is 4.98 Å². The molecular weight excluding hydrogens is 396 g/mol. The molecule has 0 aliphatic carbocycles. The summed E-state index contributed by atoms with van der Waals surface area (Å²) < 4.78 is 11.5. The molecule has 0 N–H and O–H groups in total. The van der Waals surface area contributed by atoms with Crippen LogP contribution in [0.1, 0.15) is 40.7 Å². The molecule has 1 aliphatic rings. The van der Waals surface area contributed by atoms with Gasteiger partial charge in [-0.1, -0.05) is 30.3 Å². The number of hydrogen-bond donors (Lipinski definition) is 0. The fourth-order valence-electron chi connectivity index (χ4n) is 3.54. The van der Waals surface area contributed by atoms with Gasteiger partial charge < -0.3 is 14.4 Å². The molecule has 0 fully saturated rings. The molecule has 2 aromatic carbocycles. The third kappa shape index (κ3) is 5.00. The lowest BCUT2D eigenvalue weighted by Gasteiger charge is -2.29. The van der Waals surface area contributed by atoms with Crippen LogP contribution in [-0.2, 0) is 13.0 Å². The van der Waals surface area contributed by atoms with E-state index in [0.29, 0.717) is 36.8 Å². The van der Waals surface area contributed by atoms with E-state index in [1.165, 1.54) is 5.56 Å². The molecule has 0 saturated heterocycles. The van der Waals surface area contributed by atoms with Gasteiger partial charge in [-0.3, -0.25) is 4.79 Å². The Bertz CT molecular complexity index is 960. The molecule has 30 heavy (non-hydrogen) atoms. The van der Waals surface area contributed by atoms with Gasteiger partial charge in [0.2, 0.25) is 0 Å². The zero-order valence-corrected chi connectivity index (χ0v) is 17.9. The van der Waals surface area contributed by atoms with Gasteiger partial charge in [-0.2, -0.15) is 0 Å². The summed E-state index contributed by atoms with van der Waals surface area (Å²) in [7, 11) is 0. The number of aromatic nitrogens is 1. The Hall–Kier alpha value is -2.86. The van der Waals surface area contributed by atoms with Crippen molar-refractivity contribution in [2.75, 3.05) is 13.2 Å². The molecule has 0 unspecified atom stereocenters. The summed E-state index contributed by atoms with van der Waals surface area (Å²) in [4.78, 5) is 19.8. The van der Waals surface area contributed by atoms with Crippen molar-refractivity contribution in [2.24, 2.45) is 0 Å². The minimum absolute atomic E-state index is 0.0126. The zero-order chi connectivity index (χ0) is 20.8. The summed E-state index contributed by atoms with van der Waals surface area (Å²) in [5, 5.41) is 2.88. The number of carbonyl (C=O) groups excluding carboxylic acids is 1. The number of carbonyl (C=O) groups is 1. The largest absolute Gasteiger partial charge is 0.490 e. The van der Waals surface area contributed by atoms with Gasteiger partial charge in [0, 0.05) is 29.6 Å². The Kier molecular flexibility index (Phi) is 6.64. The maximum absolute atomic E-state index is 13.5. The Labute approximate surface area is 181 Å². The maximum atomic E-state index is 13.5. The molecule has 4 rings (SSSR count). The summed E-state index contributed by atoms with van der Waals surface area (Å²) in [5.41, 5.74) is 1.89. The molecule has 3 aromatic rings. The van der Waals surface area contributed by atoms with Crippen LogP contribution in [0.25, 0.3) is 0 Å². The lowest BCUT2D eigenvalue weighted by Crippen LogP contribution is -2.38. The molecule has 1 amide bonds. The first-order chi connectivity index (χ1) is 14.7. The van der Waals surface area contributed by atoms with Crippen LogP contribution in [0.15, 0.2) is 60.1 Å². The fourth-order valence-corrected chi connectivity index (χ4v) is 4.16. The average molecular weight is 423 g/mol. The third-order valence-corrected chi connectivity index (χ3v) is 6.03. The third-order valence-electron chi connectivity index (χ3n) is 5.27. The number of fused-ring (bicyclic) bond motifs is 1. The van der Waals surface area contributed by atoms with Gasteiger partial charge in [0.15, 0.2) is 11.5 Å². The van der Waals surface area contributed by atoms with Crippen molar-refractivity contribution in [3.8, 4) is 11.5 Å². The normalized spacial score (nSPS) is 14.0. The first-order valence-electron chi connectivity index (χ1n) is 10.3. The van der Waals surface area contributed by atoms with Gasteiger partial charge in [-0.05, 0) is 43.5 Å². The lowest BCUT2D eigenvalue weighted by molar-refractivity contribution is 0.0667. The van der Waals surface area contributed by atoms with Gasteiger partial charge in [0.05, 0.1) is 19.8 Å². The molecule has 0 spiro atoms. The van der Waals surface area contributed by atoms with Crippen LogP contribution in [0.3, 0.4) is 0 Å². The van der Waals surface area contributed by atoms with Crippen molar-refractivity contribution in [2.45, 2.75) is 38.8 Å². The predicted octanol–water partition coefficient (Wildman–Crippen LogP) is 4.97. The highest BCUT2D eigenvalue weighted by Gasteiger charge is 2.24. The number of hydrogen-bond acceptors (Lipinski definition) is 5. The van der Waals surface area contributed by atoms with Crippen LogP contribution in [-0.4, -0.2) is 35.0 Å². The van der Waals surface area contributed by atoms with Gasteiger partial charge >= 0.3 is 0 Å². The van der Waals surface area contributed by atoms with Crippen molar-refractivity contribution in [1.29, 1.82) is 0 Å². The van der Waals surface area contributed by atoms with Crippen molar-refractivity contribution in [1.82, 2.24) is 9.88 Å². The first-order valence-corrected chi connectivity index (χ1v) is 11.2. The van der Waals surface area contributed by atoms with E-state index < -0.39 is 0 Å². The van der Waals surface area contributed by atoms with Gasteiger partial charge in [-0.15, -0.1) is 11.3 Å². The number of amides is 1. The van der Waals surface area contributed by atoms with E-state index in [4.69, 9.17) is 9.47 Å². The Morgan fingerprint density at radius 3 is 2.70 bits per heavy atom. The minimum Gasteiger partial charge on any atom is -0.490 e. The molecule has 2 heterocycles. The second-order valence-electron chi connectivity index (χ2n) is 7.44. The van der Waals surface area contributed by atoms with Crippen LogP contribution < -0.4 is 9.47 Å². The van der Waals surface area contributed by atoms with E-state index in [0.717, 1.165) is 24.3 Å². The average Bonchev–Trinajstić information content (AvgIpc) is 3.19. The summed E-state index contributed by atoms with van der Waals surface area (Å²) in [5.74, 6) is 1.33. The number of rotatable bonds is 7. The van der Waals surface area contributed by atoms with Gasteiger partial charge in [0.1, 0.15) is 5.01 Å². The molecule has 1 aliphatic heterocycles. The SMILES string of the molecule is C[C@@H](CCc1ccccc1)N(Cc1nccs1)C(=O)c1ccc2c(c1)OCCCO2. The van der Waals surface area contributed by atoms with E-state index in [9.17, 15) is 4.79 Å². The highest BCUT2D eigenvalue weighted by atomic mass is 32.1. The van der Waals surface area contributed by atoms with E-state index >= 15 is 0 Å². The van der Waals surface area contributed by atoms with Crippen molar-refractivity contribution in [3.63, 3.8) is 0 Å². The van der Waals surface area contributed by atoms with Crippen LogP contribution >= 0.6 is 11.3 Å². The summed E-state index contributed by atoms with van der Waals surface area (Å²) in [6.07, 6.45) is 4.42. The predicted molar refractivity (Wildman–Crippen MR) is 118 cm³/mol. The number of aryl methyl sites for hydroxylation is 1. The van der Waals surface area contributed by atoms with E-state index in [-0.39, 0.29) is 11.9 Å². The Balaban J connectivity index is 1.54. The molecular formula is C24H26N2O3S. The summed E-state index contributed by atoms with van der Waals surface area (Å²) in [6.45, 7) is 3.84. The molecule has 156 valence electrons. The quantitative estimate of drug-likeness (QED) is 0.540. The van der Waals surface area contributed by atoms with Crippen LogP contribution in [0, 0.1) is 0 Å². The zero-order valence-electron chi connectivity index (χ0n) is 17.1. The number of nitrogens with zero attached hydrogens (tertiary/aromatic N) is 2. The van der Waals surface area contributed by atoms with Crippen LogP contribution in [0.2, 0.25) is 0 Å². The second-order valence-corrected chi connectivity index (χ2v) is 8.42. The molecule has 0 bridgehead atoms. The summed E-state index contributed by atoms with van der Waals surface area (Å²) in [6, 6.07) is 15.9. The fraction of sp³-hybridized carbons (Fsp3) is 0.333. The maximum Gasteiger partial charge on any atom is 0.254 e. The number of thiazole rings is 1. The Morgan fingerprint density at radius 2 is 1.93 bits per heavy atom. The molecule has 1 aromatic heterocycles.